The quantitative estimate of drug-likeness (QED) is 0.653. The second-order valence-electron chi connectivity index (χ2n) is 5.83. The monoisotopic (exact) mass is 262 g/mol. The van der Waals surface area contributed by atoms with Crippen LogP contribution < -0.4 is 0 Å². The van der Waals surface area contributed by atoms with Crippen molar-refractivity contribution in [2.75, 3.05) is 0 Å². The van der Waals surface area contributed by atoms with Gasteiger partial charge in [-0.05, 0) is 46.6 Å². The highest BCUT2D eigenvalue weighted by molar-refractivity contribution is 5.69. The minimum Gasteiger partial charge on any atom is -0.0833 e. The number of rotatable bonds is 3. The zero-order chi connectivity index (χ0) is 13.9. The van der Waals surface area contributed by atoms with E-state index in [1.165, 1.54) is 40.7 Å². The first-order valence-corrected chi connectivity index (χ1v) is 7.67. The Hall–Kier alpha value is -1.82. The zero-order valence-corrected chi connectivity index (χ0v) is 12.4. The van der Waals surface area contributed by atoms with E-state index in [-0.39, 0.29) is 0 Å². The van der Waals surface area contributed by atoms with Crippen LogP contribution in [0.5, 0.6) is 0 Å². The van der Waals surface area contributed by atoms with Gasteiger partial charge < -0.3 is 0 Å². The Labute approximate surface area is 122 Å². The number of hydrogen-bond acceptors (Lipinski definition) is 0. The molecule has 0 radical (unpaired) electrons. The van der Waals surface area contributed by atoms with Crippen LogP contribution >= 0.6 is 0 Å². The lowest BCUT2D eigenvalue weighted by Crippen LogP contribution is -2.00. The molecule has 0 fully saturated rings. The second kappa shape index (κ2) is 5.66. The van der Waals surface area contributed by atoms with Crippen molar-refractivity contribution < 1.29 is 0 Å². The molecule has 0 amide bonds. The van der Waals surface area contributed by atoms with Crippen LogP contribution in [0.2, 0.25) is 0 Å². The van der Waals surface area contributed by atoms with E-state index >= 15 is 0 Å². The maximum atomic E-state index is 2.37. The van der Waals surface area contributed by atoms with Crippen molar-refractivity contribution in [3.05, 3.63) is 65.2 Å². The van der Waals surface area contributed by atoms with Crippen molar-refractivity contribution in [2.45, 2.75) is 39.0 Å². The molecule has 2 aromatic carbocycles. The van der Waals surface area contributed by atoms with Crippen molar-refractivity contribution in [1.29, 1.82) is 0 Å². The molecule has 0 saturated carbocycles. The SMILES string of the molecule is CCCc1ccc(-c2ccc3c(c2)C(C)CC=C3)cc1. The Morgan fingerprint density at radius 1 is 1.00 bits per heavy atom. The van der Waals surface area contributed by atoms with E-state index in [2.05, 4.69) is 68.5 Å². The van der Waals surface area contributed by atoms with Gasteiger partial charge in [0, 0.05) is 0 Å². The molecule has 0 heteroatoms. The summed E-state index contributed by atoms with van der Waals surface area (Å²) in [6.07, 6.45) is 8.08. The summed E-state index contributed by atoms with van der Waals surface area (Å²) >= 11 is 0. The molecule has 0 saturated heterocycles. The second-order valence-corrected chi connectivity index (χ2v) is 5.83. The fraction of sp³-hybridized carbons (Fsp3) is 0.300. The lowest BCUT2D eigenvalue weighted by atomic mass is 9.86. The van der Waals surface area contributed by atoms with E-state index in [4.69, 9.17) is 0 Å². The fourth-order valence-electron chi connectivity index (χ4n) is 3.01. The van der Waals surface area contributed by atoms with Gasteiger partial charge in [0.25, 0.3) is 0 Å². The van der Waals surface area contributed by atoms with Crippen molar-refractivity contribution in [2.24, 2.45) is 0 Å². The van der Waals surface area contributed by atoms with Crippen LogP contribution in [0.4, 0.5) is 0 Å². The number of fused-ring (bicyclic) bond motifs is 1. The van der Waals surface area contributed by atoms with Crippen LogP contribution in [0.3, 0.4) is 0 Å². The fourth-order valence-corrected chi connectivity index (χ4v) is 3.01. The van der Waals surface area contributed by atoms with E-state index in [0.717, 1.165) is 6.42 Å². The zero-order valence-electron chi connectivity index (χ0n) is 12.4. The van der Waals surface area contributed by atoms with Crippen LogP contribution in [0, 0.1) is 0 Å². The molecular weight excluding hydrogens is 240 g/mol. The maximum absolute atomic E-state index is 2.37. The average Bonchev–Trinajstić information content (AvgIpc) is 2.49. The minimum atomic E-state index is 0.634. The molecule has 0 heterocycles. The van der Waals surface area contributed by atoms with Gasteiger partial charge in [-0.3, -0.25) is 0 Å². The van der Waals surface area contributed by atoms with Crippen LogP contribution in [-0.4, -0.2) is 0 Å². The van der Waals surface area contributed by atoms with Gasteiger partial charge >= 0.3 is 0 Å². The molecule has 1 atom stereocenters. The Morgan fingerprint density at radius 2 is 1.75 bits per heavy atom. The molecule has 0 aliphatic heterocycles. The largest absolute Gasteiger partial charge is 0.0833 e. The normalized spacial score (nSPS) is 17.0. The summed E-state index contributed by atoms with van der Waals surface area (Å²) in [5.41, 5.74) is 6.98. The third-order valence-corrected chi connectivity index (χ3v) is 4.23. The topological polar surface area (TPSA) is 0 Å². The van der Waals surface area contributed by atoms with Crippen LogP contribution in [-0.2, 0) is 6.42 Å². The van der Waals surface area contributed by atoms with Gasteiger partial charge in [0.05, 0.1) is 0 Å². The number of allylic oxidation sites excluding steroid dienone is 1. The van der Waals surface area contributed by atoms with Gasteiger partial charge in [0.15, 0.2) is 0 Å². The van der Waals surface area contributed by atoms with Crippen molar-refractivity contribution in [1.82, 2.24) is 0 Å². The van der Waals surface area contributed by atoms with Gasteiger partial charge in [0.2, 0.25) is 0 Å². The number of aryl methyl sites for hydroxylation is 1. The van der Waals surface area contributed by atoms with Gasteiger partial charge in [-0.1, -0.05) is 74.9 Å². The van der Waals surface area contributed by atoms with E-state index in [1.54, 1.807) is 0 Å². The highest BCUT2D eigenvalue weighted by atomic mass is 14.2. The Bertz CT molecular complexity index is 617. The lowest BCUT2D eigenvalue weighted by molar-refractivity contribution is 0.772. The third-order valence-electron chi connectivity index (χ3n) is 4.23. The molecule has 3 rings (SSSR count). The van der Waals surface area contributed by atoms with Crippen molar-refractivity contribution >= 4 is 6.08 Å². The molecular formula is C20H22. The summed E-state index contributed by atoms with van der Waals surface area (Å²) in [4.78, 5) is 0. The van der Waals surface area contributed by atoms with Gasteiger partial charge in [-0.2, -0.15) is 0 Å². The number of benzene rings is 2. The third kappa shape index (κ3) is 2.56. The summed E-state index contributed by atoms with van der Waals surface area (Å²) < 4.78 is 0. The van der Waals surface area contributed by atoms with E-state index in [1.807, 2.05) is 0 Å². The predicted octanol–water partition coefficient (Wildman–Crippen LogP) is 5.83. The van der Waals surface area contributed by atoms with Gasteiger partial charge in [-0.15, -0.1) is 0 Å². The molecule has 0 N–H and O–H groups in total. The van der Waals surface area contributed by atoms with Crippen LogP contribution in [0.25, 0.3) is 17.2 Å². The molecule has 0 bridgehead atoms. The molecule has 1 aliphatic carbocycles. The van der Waals surface area contributed by atoms with Crippen LogP contribution in [0.1, 0.15) is 49.3 Å². The molecule has 102 valence electrons. The van der Waals surface area contributed by atoms with E-state index in [9.17, 15) is 0 Å². The summed E-state index contributed by atoms with van der Waals surface area (Å²) in [7, 11) is 0. The molecule has 1 unspecified atom stereocenters. The Kier molecular flexibility index (Phi) is 3.73. The van der Waals surface area contributed by atoms with Crippen molar-refractivity contribution in [3.63, 3.8) is 0 Å². The highest BCUT2D eigenvalue weighted by Crippen LogP contribution is 2.33. The molecule has 0 aromatic heterocycles. The predicted molar refractivity (Wildman–Crippen MR) is 87.9 cm³/mol. The lowest BCUT2D eigenvalue weighted by Gasteiger charge is -2.19. The molecule has 0 nitrogen and oxygen atoms in total. The molecule has 20 heavy (non-hydrogen) atoms. The Morgan fingerprint density at radius 3 is 2.50 bits per heavy atom. The first-order valence-electron chi connectivity index (χ1n) is 7.67. The average molecular weight is 262 g/mol. The van der Waals surface area contributed by atoms with Gasteiger partial charge in [0.1, 0.15) is 0 Å². The molecule has 2 aromatic rings. The molecule has 1 aliphatic rings. The summed E-state index contributed by atoms with van der Waals surface area (Å²) in [6.45, 7) is 4.54. The Balaban J connectivity index is 1.94. The maximum Gasteiger partial charge on any atom is -0.0150 e. The smallest absolute Gasteiger partial charge is 0.0150 e. The molecule has 0 spiro atoms. The van der Waals surface area contributed by atoms with Crippen LogP contribution in [0.15, 0.2) is 48.5 Å². The minimum absolute atomic E-state index is 0.634. The van der Waals surface area contributed by atoms with Crippen molar-refractivity contribution in [3.8, 4) is 11.1 Å². The summed E-state index contributed by atoms with van der Waals surface area (Å²) in [5, 5.41) is 0. The van der Waals surface area contributed by atoms with E-state index in [0.29, 0.717) is 5.92 Å². The first kappa shape index (κ1) is 13.2. The summed E-state index contributed by atoms with van der Waals surface area (Å²) in [6, 6.07) is 15.9. The first-order chi connectivity index (χ1) is 9.78. The summed E-state index contributed by atoms with van der Waals surface area (Å²) in [5.74, 6) is 0.634. The number of hydrogen-bond donors (Lipinski definition) is 0. The van der Waals surface area contributed by atoms with E-state index < -0.39 is 0 Å². The standard InChI is InChI=1S/C20H22/c1-3-5-16-8-10-17(11-9-16)19-13-12-18-7-4-6-15(2)20(18)14-19/h4,7-15H,3,5-6H2,1-2H3. The van der Waals surface area contributed by atoms with Gasteiger partial charge in [-0.25, -0.2) is 0 Å². The highest BCUT2D eigenvalue weighted by Gasteiger charge is 2.13.